The zero-order valence-corrected chi connectivity index (χ0v) is 16.3. The van der Waals surface area contributed by atoms with Crippen molar-refractivity contribution in [2.75, 3.05) is 29.6 Å². The number of allylic oxidation sites excluding steroid dienone is 1. The van der Waals surface area contributed by atoms with Crippen LogP contribution in [0.3, 0.4) is 0 Å². The Kier molecular flexibility index (Phi) is 4.72. The normalized spacial score (nSPS) is 12.8. The molecule has 0 aliphatic carbocycles. The van der Waals surface area contributed by atoms with Crippen LogP contribution in [0.25, 0.3) is 10.9 Å². The molecule has 0 fully saturated rings. The summed E-state index contributed by atoms with van der Waals surface area (Å²) in [6.07, 6.45) is 1.49. The van der Waals surface area contributed by atoms with Gasteiger partial charge in [-0.2, -0.15) is 5.26 Å². The van der Waals surface area contributed by atoms with Gasteiger partial charge in [-0.1, -0.05) is 42.1 Å². The molecule has 0 unspecified atom stereocenters. The summed E-state index contributed by atoms with van der Waals surface area (Å²) in [5.74, 6) is 0.504. The second-order valence-electron chi connectivity index (χ2n) is 6.32. The van der Waals surface area contributed by atoms with Gasteiger partial charge < -0.3 is 9.80 Å². The van der Waals surface area contributed by atoms with Gasteiger partial charge in [-0.05, 0) is 18.2 Å². The van der Waals surface area contributed by atoms with Crippen LogP contribution >= 0.6 is 11.8 Å². The third kappa shape index (κ3) is 2.98. The molecule has 1 aliphatic rings. The number of para-hydroxylation sites is 3. The first-order valence-corrected chi connectivity index (χ1v) is 9.67. The molecule has 3 aromatic rings. The fourth-order valence-corrected chi connectivity index (χ4v) is 4.22. The minimum absolute atomic E-state index is 0.130. The highest BCUT2D eigenvalue weighted by Gasteiger charge is 2.31. The maximum atomic E-state index is 12.9. The number of rotatable bonds is 4. The van der Waals surface area contributed by atoms with Gasteiger partial charge in [0, 0.05) is 19.5 Å². The summed E-state index contributed by atoms with van der Waals surface area (Å²) >= 11 is 1.32. The largest absolute Gasteiger partial charge is 0.328 e. The molecule has 6 nitrogen and oxygen atoms in total. The van der Waals surface area contributed by atoms with Crippen molar-refractivity contribution in [2.24, 2.45) is 0 Å². The first kappa shape index (κ1) is 18.0. The van der Waals surface area contributed by atoms with Crippen molar-refractivity contribution >= 4 is 39.8 Å². The van der Waals surface area contributed by atoms with Crippen molar-refractivity contribution in [3.63, 3.8) is 0 Å². The summed E-state index contributed by atoms with van der Waals surface area (Å²) in [4.78, 5) is 25.2. The molecule has 0 saturated carbocycles. The molecule has 1 aromatic heterocycles. The fraction of sp³-hybridized carbons (Fsp3) is 0.143. The van der Waals surface area contributed by atoms with Gasteiger partial charge >= 0.3 is 0 Å². The van der Waals surface area contributed by atoms with Gasteiger partial charge in [-0.3, -0.25) is 4.79 Å². The maximum Gasteiger partial charge on any atom is 0.187 e. The van der Waals surface area contributed by atoms with Crippen LogP contribution in [-0.4, -0.2) is 35.6 Å². The number of hydrogen-bond donors (Lipinski definition) is 0. The Morgan fingerprint density at radius 2 is 1.68 bits per heavy atom. The summed E-state index contributed by atoms with van der Waals surface area (Å²) in [6.45, 7) is 0. The number of fused-ring (bicyclic) bond motifs is 2. The van der Waals surface area contributed by atoms with Crippen molar-refractivity contribution in [3.05, 3.63) is 66.3 Å². The van der Waals surface area contributed by atoms with E-state index in [-0.39, 0.29) is 17.1 Å². The molecule has 1 aliphatic heterocycles. The van der Waals surface area contributed by atoms with Crippen molar-refractivity contribution in [2.45, 2.75) is 5.03 Å². The molecule has 0 N–H and O–H groups in total. The molecule has 0 bridgehead atoms. The smallest absolute Gasteiger partial charge is 0.187 e. The van der Waals surface area contributed by atoms with E-state index < -0.39 is 0 Å². The SMILES string of the molecule is CN1C(=C(C#N)C(=O)CSc2ncnc3ccccc23)N(C)c2ccccc21. The quantitative estimate of drug-likeness (QED) is 0.293. The molecule has 7 heteroatoms. The van der Waals surface area contributed by atoms with Crippen molar-refractivity contribution < 1.29 is 4.79 Å². The van der Waals surface area contributed by atoms with Gasteiger partial charge in [0.25, 0.3) is 0 Å². The van der Waals surface area contributed by atoms with Crippen LogP contribution in [0.5, 0.6) is 0 Å². The van der Waals surface area contributed by atoms with E-state index in [0.29, 0.717) is 5.82 Å². The standard InChI is InChI=1S/C21H17N5OS/c1-25-17-9-5-6-10-18(17)26(2)21(25)15(11-22)19(27)12-28-20-14-7-3-4-8-16(14)23-13-24-20/h3-10,13H,12H2,1-2H3. The third-order valence-electron chi connectivity index (χ3n) is 4.70. The second kappa shape index (κ2) is 7.33. The fourth-order valence-electron chi connectivity index (χ4n) is 3.36. The molecule has 0 spiro atoms. The van der Waals surface area contributed by atoms with Crippen LogP contribution in [-0.2, 0) is 4.79 Å². The van der Waals surface area contributed by atoms with E-state index in [1.54, 1.807) is 0 Å². The molecule has 2 heterocycles. The van der Waals surface area contributed by atoms with Gasteiger partial charge in [0.2, 0.25) is 0 Å². The lowest BCUT2D eigenvalue weighted by molar-refractivity contribution is -0.112. The molecule has 4 rings (SSSR count). The number of ketones is 1. The predicted octanol–water partition coefficient (Wildman–Crippen LogP) is 3.61. The van der Waals surface area contributed by atoms with Crippen LogP contribution in [0.2, 0.25) is 0 Å². The average molecular weight is 387 g/mol. The Bertz CT molecular complexity index is 1110. The monoisotopic (exact) mass is 387 g/mol. The molecule has 0 radical (unpaired) electrons. The lowest BCUT2D eigenvalue weighted by atomic mass is 10.2. The van der Waals surface area contributed by atoms with Crippen LogP contribution in [0.15, 0.2) is 71.3 Å². The van der Waals surface area contributed by atoms with E-state index >= 15 is 0 Å². The van der Waals surface area contributed by atoms with Gasteiger partial charge in [0.1, 0.15) is 28.8 Å². The minimum Gasteiger partial charge on any atom is -0.328 e. The summed E-state index contributed by atoms with van der Waals surface area (Å²) in [7, 11) is 3.74. The molecule has 138 valence electrons. The van der Waals surface area contributed by atoms with E-state index in [1.807, 2.05) is 72.4 Å². The first-order chi connectivity index (χ1) is 13.6. The number of anilines is 2. The Balaban J connectivity index is 1.62. The average Bonchev–Trinajstić information content (AvgIpc) is 2.98. The molecular weight excluding hydrogens is 370 g/mol. The molecule has 0 atom stereocenters. The Morgan fingerprint density at radius 1 is 1.04 bits per heavy atom. The van der Waals surface area contributed by atoms with E-state index in [2.05, 4.69) is 16.0 Å². The number of aromatic nitrogens is 2. The van der Waals surface area contributed by atoms with Crippen LogP contribution < -0.4 is 9.80 Å². The number of nitrogens with zero attached hydrogens (tertiary/aromatic N) is 5. The topological polar surface area (TPSA) is 73.1 Å². The van der Waals surface area contributed by atoms with E-state index in [9.17, 15) is 10.1 Å². The zero-order valence-electron chi connectivity index (χ0n) is 15.5. The lowest BCUT2D eigenvalue weighted by Crippen LogP contribution is -2.26. The Hall–Kier alpha value is -3.37. The van der Waals surface area contributed by atoms with Gasteiger partial charge in [-0.15, -0.1) is 0 Å². The van der Waals surface area contributed by atoms with Gasteiger partial charge in [-0.25, -0.2) is 9.97 Å². The van der Waals surface area contributed by atoms with Crippen LogP contribution in [0.1, 0.15) is 0 Å². The molecule has 0 saturated heterocycles. The number of thioether (sulfide) groups is 1. The highest BCUT2D eigenvalue weighted by molar-refractivity contribution is 8.00. The number of nitriles is 1. The zero-order chi connectivity index (χ0) is 19.7. The first-order valence-electron chi connectivity index (χ1n) is 8.68. The molecule has 0 amide bonds. The summed E-state index contributed by atoms with van der Waals surface area (Å²) < 4.78 is 0. The van der Waals surface area contributed by atoms with Crippen molar-refractivity contribution in [3.8, 4) is 6.07 Å². The molecule has 2 aromatic carbocycles. The lowest BCUT2D eigenvalue weighted by Gasteiger charge is -2.19. The summed E-state index contributed by atoms with van der Waals surface area (Å²) in [6, 6.07) is 17.6. The molecule has 28 heavy (non-hydrogen) atoms. The van der Waals surface area contributed by atoms with Crippen LogP contribution in [0, 0.1) is 11.3 Å². The summed E-state index contributed by atoms with van der Waals surface area (Å²) in [5.41, 5.74) is 2.91. The highest BCUT2D eigenvalue weighted by Crippen LogP contribution is 2.40. The Labute approximate surface area is 167 Å². The van der Waals surface area contributed by atoms with E-state index in [1.165, 1.54) is 18.1 Å². The highest BCUT2D eigenvalue weighted by atomic mass is 32.2. The van der Waals surface area contributed by atoms with Crippen molar-refractivity contribution in [1.82, 2.24) is 9.97 Å². The minimum atomic E-state index is -0.225. The number of carbonyl (C=O) groups excluding carboxylic acids is 1. The van der Waals surface area contributed by atoms with E-state index in [4.69, 9.17) is 0 Å². The number of benzene rings is 2. The summed E-state index contributed by atoms with van der Waals surface area (Å²) in [5, 5.41) is 11.4. The maximum absolute atomic E-state index is 12.9. The number of hydrogen-bond acceptors (Lipinski definition) is 7. The Morgan fingerprint density at radius 3 is 2.36 bits per heavy atom. The van der Waals surface area contributed by atoms with E-state index in [0.717, 1.165) is 27.3 Å². The second-order valence-corrected chi connectivity index (χ2v) is 7.29. The van der Waals surface area contributed by atoms with Gasteiger partial charge in [0.15, 0.2) is 5.78 Å². The third-order valence-corrected chi connectivity index (χ3v) is 5.71. The number of Topliss-reactive ketones (excluding diaryl/α,β-unsaturated/α-hetero) is 1. The van der Waals surface area contributed by atoms with Crippen LogP contribution in [0.4, 0.5) is 11.4 Å². The molecular formula is C21H17N5OS. The number of carbonyl (C=O) groups is 1. The predicted molar refractivity (Wildman–Crippen MR) is 111 cm³/mol. The van der Waals surface area contributed by atoms with Gasteiger partial charge in [0.05, 0.1) is 22.6 Å². The van der Waals surface area contributed by atoms with Crippen molar-refractivity contribution in [1.29, 1.82) is 5.26 Å².